The normalized spacial score (nSPS) is 22.6. The molecule has 0 unspecified atom stereocenters. The second-order valence-corrected chi connectivity index (χ2v) is 10.6. The number of benzene rings is 2. The molecule has 38 heavy (non-hydrogen) atoms. The van der Waals surface area contributed by atoms with Crippen molar-refractivity contribution in [3.63, 3.8) is 0 Å². The predicted molar refractivity (Wildman–Crippen MR) is 142 cm³/mol. The summed E-state index contributed by atoms with van der Waals surface area (Å²) in [7, 11) is 0. The monoisotopic (exact) mass is 508 g/mol. The van der Waals surface area contributed by atoms with Crippen LogP contribution in [0.3, 0.4) is 0 Å². The molecule has 7 heteroatoms. The van der Waals surface area contributed by atoms with E-state index in [9.17, 15) is 9.50 Å². The molecule has 0 saturated carbocycles. The van der Waals surface area contributed by atoms with Crippen LogP contribution in [0.25, 0.3) is 38.4 Å². The smallest absolute Gasteiger partial charge is 0.203 e. The van der Waals surface area contributed by atoms with Crippen molar-refractivity contribution < 1.29 is 13.9 Å². The fraction of sp³-hybridized carbons (Fsp3) is 0.290. The summed E-state index contributed by atoms with van der Waals surface area (Å²) < 4.78 is 30.0. The van der Waals surface area contributed by atoms with Gasteiger partial charge in [-0.2, -0.15) is 0 Å². The lowest BCUT2D eigenvalue weighted by Crippen LogP contribution is -2.45. The Kier molecular flexibility index (Phi) is 5.53. The molecule has 2 aromatic heterocycles. The van der Waals surface area contributed by atoms with Gasteiger partial charge in [0.15, 0.2) is 5.82 Å². The van der Waals surface area contributed by atoms with Crippen molar-refractivity contribution >= 4 is 10.9 Å². The zero-order chi connectivity index (χ0) is 26.8. The molecule has 0 amide bonds. The number of aryl methyl sites for hydroxylation is 1. The highest BCUT2D eigenvalue weighted by Crippen LogP contribution is 2.54. The molecule has 2 heterocycles. The van der Waals surface area contributed by atoms with E-state index < -0.39 is 11.2 Å². The average Bonchev–Trinajstić information content (AvgIpc) is 2.91. The second-order valence-electron chi connectivity index (χ2n) is 10.6. The first-order valence-electron chi connectivity index (χ1n) is 12.7. The summed E-state index contributed by atoms with van der Waals surface area (Å²) in [6.45, 7) is 13.5. The summed E-state index contributed by atoms with van der Waals surface area (Å²) in [5.74, 6) is -0.467. The number of aliphatic hydroxyl groups excluding tert-OH is 1. The molecular formula is C31H26F2N4O. The highest BCUT2D eigenvalue weighted by atomic mass is 19.1. The first kappa shape index (κ1) is 24.2. The maximum atomic E-state index is 15.2. The molecule has 2 aromatic carbocycles. The number of fused-ring (bicyclic) bond motifs is 4. The van der Waals surface area contributed by atoms with Gasteiger partial charge in [0.1, 0.15) is 17.2 Å². The molecule has 0 radical (unpaired) electrons. The molecule has 0 aliphatic heterocycles. The highest BCUT2D eigenvalue weighted by Gasteiger charge is 2.50. The number of pyridine rings is 1. The number of aliphatic hydroxyl groups is 1. The minimum atomic E-state index is -0.570. The standard InChI is InChI=1S/C31H26F2N4O/c1-16-14-21(18-9-7-11-24(33)27(18)35-16)30-36-26(19-8-5-6-10-23(19)32)20-12-13-22-17(2)28(38)25(34-4)15-31(22,3)29(20)37-30/h5-11,14,17,22,38H,12-13,15H2,1-3H3/t17-,22-,31-/m1/s1. The predicted octanol–water partition coefficient (Wildman–Crippen LogP) is 7.49. The third-order valence-corrected chi connectivity index (χ3v) is 8.36. The minimum absolute atomic E-state index is 0.0464. The summed E-state index contributed by atoms with van der Waals surface area (Å²) in [6.07, 6.45) is 1.71. The van der Waals surface area contributed by atoms with Crippen LogP contribution in [-0.4, -0.2) is 20.1 Å². The fourth-order valence-corrected chi connectivity index (χ4v) is 6.52. The van der Waals surface area contributed by atoms with E-state index in [-0.39, 0.29) is 28.9 Å². The average molecular weight is 509 g/mol. The van der Waals surface area contributed by atoms with Gasteiger partial charge in [0.05, 0.1) is 23.7 Å². The zero-order valence-electron chi connectivity index (χ0n) is 21.4. The van der Waals surface area contributed by atoms with Crippen molar-refractivity contribution in [2.24, 2.45) is 11.8 Å². The number of allylic oxidation sites excluding steroid dienone is 2. The van der Waals surface area contributed by atoms with Crippen molar-refractivity contribution in [3.05, 3.63) is 100.0 Å². The van der Waals surface area contributed by atoms with Gasteiger partial charge in [0.25, 0.3) is 0 Å². The van der Waals surface area contributed by atoms with Crippen molar-refractivity contribution in [2.45, 2.75) is 45.4 Å². The van der Waals surface area contributed by atoms with Gasteiger partial charge in [-0.25, -0.2) is 28.6 Å². The topological polar surface area (TPSA) is 63.3 Å². The Labute approximate surface area is 219 Å². The summed E-state index contributed by atoms with van der Waals surface area (Å²) in [5, 5.41) is 11.3. The van der Waals surface area contributed by atoms with Crippen LogP contribution in [0.15, 0.2) is 60.0 Å². The number of rotatable bonds is 2. The molecule has 6 rings (SSSR count). The zero-order valence-corrected chi connectivity index (χ0v) is 21.4. The number of nitrogens with zero attached hydrogens (tertiary/aromatic N) is 4. The van der Waals surface area contributed by atoms with Gasteiger partial charge in [-0.1, -0.05) is 38.1 Å². The molecular weight excluding hydrogens is 482 g/mol. The Morgan fingerprint density at radius 1 is 1.03 bits per heavy atom. The molecule has 4 aromatic rings. The Balaban J connectivity index is 1.69. The van der Waals surface area contributed by atoms with Crippen LogP contribution in [-0.2, 0) is 11.8 Å². The third kappa shape index (κ3) is 3.51. The van der Waals surface area contributed by atoms with Crippen LogP contribution < -0.4 is 0 Å². The summed E-state index contributed by atoms with van der Waals surface area (Å²) in [4.78, 5) is 18.1. The van der Waals surface area contributed by atoms with Gasteiger partial charge >= 0.3 is 0 Å². The Bertz CT molecular complexity index is 1710. The lowest BCUT2D eigenvalue weighted by molar-refractivity contribution is 0.135. The first-order valence-corrected chi connectivity index (χ1v) is 12.7. The van der Waals surface area contributed by atoms with Gasteiger partial charge in [0, 0.05) is 39.1 Å². The van der Waals surface area contributed by atoms with Gasteiger partial charge in [0.2, 0.25) is 5.70 Å². The van der Waals surface area contributed by atoms with E-state index in [1.54, 1.807) is 37.3 Å². The van der Waals surface area contributed by atoms with E-state index in [0.29, 0.717) is 52.3 Å². The van der Waals surface area contributed by atoms with E-state index in [1.807, 2.05) is 13.0 Å². The van der Waals surface area contributed by atoms with Gasteiger partial charge < -0.3 is 5.11 Å². The summed E-state index contributed by atoms with van der Waals surface area (Å²) >= 11 is 0. The van der Waals surface area contributed by atoms with Crippen LogP contribution in [0, 0.1) is 37.0 Å². The number of hydrogen-bond acceptors (Lipinski definition) is 4. The van der Waals surface area contributed by atoms with Crippen molar-refractivity contribution in [1.82, 2.24) is 15.0 Å². The van der Waals surface area contributed by atoms with E-state index in [1.165, 1.54) is 12.1 Å². The maximum Gasteiger partial charge on any atom is 0.203 e. The molecule has 190 valence electrons. The highest BCUT2D eigenvalue weighted by molar-refractivity contribution is 5.93. The maximum absolute atomic E-state index is 15.2. The van der Waals surface area contributed by atoms with Crippen LogP contribution in [0.5, 0.6) is 0 Å². The van der Waals surface area contributed by atoms with Crippen LogP contribution in [0.4, 0.5) is 8.78 Å². The largest absolute Gasteiger partial charge is 0.523 e. The van der Waals surface area contributed by atoms with Gasteiger partial charge in [-0.3, -0.25) is 0 Å². The fourth-order valence-electron chi connectivity index (χ4n) is 6.52. The Morgan fingerprint density at radius 2 is 1.79 bits per heavy atom. The molecule has 0 spiro atoms. The van der Waals surface area contributed by atoms with E-state index >= 15 is 4.39 Å². The number of halogens is 2. The molecule has 2 aliphatic carbocycles. The lowest BCUT2D eigenvalue weighted by atomic mass is 9.57. The van der Waals surface area contributed by atoms with E-state index in [4.69, 9.17) is 16.5 Å². The summed E-state index contributed by atoms with van der Waals surface area (Å²) in [5.41, 5.74) is 3.74. The summed E-state index contributed by atoms with van der Waals surface area (Å²) in [6, 6.07) is 13.2. The Morgan fingerprint density at radius 3 is 2.55 bits per heavy atom. The van der Waals surface area contributed by atoms with Gasteiger partial charge in [-0.15, -0.1) is 0 Å². The van der Waals surface area contributed by atoms with Crippen molar-refractivity contribution in [3.8, 4) is 22.6 Å². The van der Waals surface area contributed by atoms with Crippen LogP contribution >= 0.6 is 0 Å². The third-order valence-electron chi connectivity index (χ3n) is 8.36. The SMILES string of the molecule is [C-]#[N+]C1=C(O)[C@H](C)[C@H]2CCc3c(-c4ccccc4F)nc(-c4cc(C)nc5c(F)cccc45)nc3[C@]2(C)C1. The molecule has 5 nitrogen and oxygen atoms in total. The van der Waals surface area contributed by atoms with E-state index in [0.717, 1.165) is 17.7 Å². The molecule has 0 bridgehead atoms. The van der Waals surface area contributed by atoms with Crippen LogP contribution in [0.2, 0.25) is 0 Å². The lowest BCUT2D eigenvalue weighted by Gasteiger charge is -2.48. The van der Waals surface area contributed by atoms with Crippen molar-refractivity contribution in [1.29, 1.82) is 0 Å². The molecule has 0 saturated heterocycles. The van der Waals surface area contributed by atoms with Crippen molar-refractivity contribution in [2.75, 3.05) is 0 Å². The first-order chi connectivity index (χ1) is 18.2. The quantitative estimate of drug-likeness (QED) is 0.285. The molecule has 2 aliphatic rings. The molecule has 3 atom stereocenters. The number of hydrogen-bond donors (Lipinski definition) is 1. The Hall–Kier alpha value is -4.18. The molecule has 1 N–H and O–H groups in total. The van der Waals surface area contributed by atoms with Gasteiger partial charge in [-0.05, 0) is 56.4 Å². The number of aromatic nitrogens is 3. The molecule has 0 fully saturated rings. The second kappa shape index (κ2) is 8.70. The number of para-hydroxylation sites is 1. The van der Waals surface area contributed by atoms with Crippen LogP contribution in [0.1, 0.15) is 43.6 Å². The minimum Gasteiger partial charge on any atom is -0.523 e. The van der Waals surface area contributed by atoms with E-state index in [2.05, 4.69) is 16.8 Å².